The van der Waals surface area contributed by atoms with Gasteiger partial charge in [0.1, 0.15) is 6.61 Å². The highest BCUT2D eigenvalue weighted by Gasteiger charge is 2.25. The first kappa shape index (κ1) is 23.5. The van der Waals surface area contributed by atoms with Crippen LogP contribution in [0.25, 0.3) is 0 Å². The zero-order valence-corrected chi connectivity index (χ0v) is 17.2. The molecule has 27 heavy (non-hydrogen) atoms. The third kappa shape index (κ3) is 6.22. The lowest BCUT2D eigenvalue weighted by molar-refractivity contribution is 0.0926. The van der Waals surface area contributed by atoms with Gasteiger partial charge in [-0.1, -0.05) is 0 Å². The van der Waals surface area contributed by atoms with Gasteiger partial charge in [-0.3, -0.25) is 4.79 Å². The summed E-state index contributed by atoms with van der Waals surface area (Å²) >= 11 is 1.51. The Kier molecular flexibility index (Phi) is 9.82. The van der Waals surface area contributed by atoms with E-state index < -0.39 is 6.10 Å². The lowest BCUT2D eigenvalue weighted by Gasteiger charge is -2.15. The smallest absolute Gasteiger partial charge is 0.251 e. The number of methoxy groups -OCH3 is 1. The number of thiazole rings is 1. The second kappa shape index (κ2) is 11.3. The van der Waals surface area contributed by atoms with Crippen molar-refractivity contribution < 1.29 is 19.4 Å². The summed E-state index contributed by atoms with van der Waals surface area (Å²) < 4.78 is 11.0. The van der Waals surface area contributed by atoms with Gasteiger partial charge in [-0.2, -0.15) is 0 Å². The second-order valence-electron chi connectivity index (χ2n) is 5.83. The number of halogens is 2. The highest BCUT2D eigenvalue weighted by Crippen LogP contribution is 2.29. The first-order valence-electron chi connectivity index (χ1n) is 8.02. The van der Waals surface area contributed by atoms with E-state index >= 15 is 0 Å². The molecule has 0 bridgehead atoms. The Balaban J connectivity index is 0.00000182. The molecule has 150 valence electrons. The molecule has 1 fully saturated rings. The van der Waals surface area contributed by atoms with Crippen molar-refractivity contribution in [3.05, 3.63) is 40.3 Å². The summed E-state index contributed by atoms with van der Waals surface area (Å²) in [6, 6.07) is 5.05. The third-order valence-electron chi connectivity index (χ3n) is 4.11. The number of aliphatic hydroxyl groups excluding tert-OH is 1. The molecule has 7 nitrogen and oxygen atoms in total. The average molecular weight is 436 g/mol. The molecule has 1 aromatic carbocycles. The fraction of sp³-hybridized carbons (Fsp3) is 0.412. The molecule has 1 aliphatic heterocycles. The van der Waals surface area contributed by atoms with Crippen molar-refractivity contribution in [3.8, 4) is 11.5 Å². The number of carbonyl (C=O) groups is 1. The summed E-state index contributed by atoms with van der Waals surface area (Å²) in [6.07, 6.45) is -0.420. The summed E-state index contributed by atoms with van der Waals surface area (Å²) in [6.45, 7) is 2.04. The SMILES string of the molecule is COc1cc(C(=O)NCC2CNCC2O)ccc1OCc1cscn1.Cl.Cl. The van der Waals surface area contributed by atoms with Crippen LogP contribution in [0.2, 0.25) is 0 Å². The Morgan fingerprint density at radius 3 is 2.81 bits per heavy atom. The van der Waals surface area contributed by atoms with Crippen molar-refractivity contribution in [3.63, 3.8) is 0 Å². The molecule has 0 radical (unpaired) electrons. The van der Waals surface area contributed by atoms with Crippen LogP contribution in [0, 0.1) is 5.92 Å². The van der Waals surface area contributed by atoms with Crippen molar-refractivity contribution in [1.82, 2.24) is 15.6 Å². The number of nitrogens with zero attached hydrogens (tertiary/aromatic N) is 1. The molecule has 2 aromatic rings. The molecule has 10 heteroatoms. The van der Waals surface area contributed by atoms with Gasteiger partial charge in [0, 0.05) is 36.5 Å². The summed E-state index contributed by atoms with van der Waals surface area (Å²) in [5.74, 6) is 0.878. The zero-order chi connectivity index (χ0) is 17.6. The molecule has 3 rings (SSSR count). The minimum absolute atomic E-state index is 0. The maximum Gasteiger partial charge on any atom is 0.251 e. The first-order valence-corrected chi connectivity index (χ1v) is 8.96. The largest absolute Gasteiger partial charge is 0.493 e. The lowest BCUT2D eigenvalue weighted by atomic mass is 10.1. The van der Waals surface area contributed by atoms with Crippen molar-refractivity contribution >= 4 is 42.1 Å². The quantitative estimate of drug-likeness (QED) is 0.614. The van der Waals surface area contributed by atoms with Gasteiger partial charge in [-0.05, 0) is 18.2 Å². The molecule has 1 aliphatic rings. The molecule has 1 saturated heterocycles. The minimum Gasteiger partial charge on any atom is -0.493 e. The molecular weight excluding hydrogens is 413 g/mol. The van der Waals surface area contributed by atoms with E-state index in [4.69, 9.17) is 9.47 Å². The Hall–Kier alpha value is -1.58. The monoisotopic (exact) mass is 435 g/mol. The minimum atomic E-state index is -0.420. The number of β-amino-alcohol motifs (C(OH)–C–C–N with tert-alkyl or cyclic N) is 1. The Morgan fingerprint density at radius 1 is 1.37 bits per heavy atom. The van der Waals surface area contributed by atoms with Crippen molar-refractivity contribution in [2.24, 2.45) is 5.92 Å². The molecule has 2 heterocycles. The number of amides is 1. The molecule has 2 unspecified atom stereocenters. The van der Waals surface area contributed by atoms with Gasteiger partial charge in [-0.25, -0.2) is 4.98 Å². The fourth-order valence-corrected chi connectivity index (χ4v) is 3.19. The van der Waals surface area contributed by atoms with E-state index in [1.807, 2.05) is 5.38 Å². The predicted molar refractivity (Wildman–Crippen MR) is 109 cm³/mol. The topological polar surface area (TPSA) is 92.7 Å². The number of hydrogen-bond acceptors (Lipinski definition) is 7. The van der Waals surface area contributed by atoms with Crippen LogP contribution < -0.4 is 20.1 Å². The molecule has 0 spiro atoms. The molecule has 1 amide bonds. The van der Waals surface area contributed by atoms with Crippen LogP contribution in [0.15, 0.2) is 29.1 Å². The van der Waals surface area contributed by atoms with Gasteiger partial charge < -0.3 is 25.2 Å². The summed E-state index contributed by atoms with van der Waals surface area (Å²) in [5, 5.41) is 17.6. The third-order valence-corrected chi connectivity index (χ3v) is 4.75. The van der Waals surface area contributed by atoms with Crippen LogP contribution in [0.3, 0.4) is 0 Å². The van der Waals surface area contributed by atoms with Gasteiger partial charge in [-0.15, -0.1) is 36.2 Å². The number of rotatable bonds is 7. The fourth-order valence-electron chi connectivity index (χ4n) is 2.64. The summed E-state index contributed by atoms with van der Waals surface area (Å²) in [4.78, 5) is 16.5. The van der Waals surface area contributed by atoms with Gasteiger partial charge in [0.2, 0.25) is 0 Å². The zero-order valence-electron chi connectivity index (χ0n) is 14.7. The maximum atomic E-state index is 12.3. The van der Waals surface area contributed by atoms with Gasteiger partial charge >= 0.3 is 0 Å². The standard InChI is InChI=1S/C17H21N3O4S.2ClH/c1-23-16-4-11(17(22)19-6-12-5-18-7-14(12)21)2-3-15(16)24-8-13-9-25-10-20-13;;/h2-4,9-10,12,14,18,21H,5-8H2,1H3,(H,19,22);2*1H. The number of carbonyl (C=O) groups excluding carboxylic acids is 1. The van der Waals surface area contributed by atoms with Crippen LogP contribution in [0.4, 0.5) is 0 Å². The maximum absolute atomic E-state index is 12.3. The number of benzene rings is 1. The molecule has 3 N–H and O–H groups in total. The van der Waals surface area contributed by atoms with Gasteiger partial charge in [0.25, 0.3) is 5.91 Å². The van der Waals surface area contributed by atoms with Crippen LogP contribution >= 0.6 is 36.2 Å². The number of aromatic nitrogens is 1. The van der Waals surface area contributed by atoms with Gasteiger partial charge in [0.05, 0.1) is 24.4 Å². The molecule has 1 aromatic heterocycles. The van der Waals surface area contributed by atoms with Crippen LogP contribution in [0.1, 0.15) is 16.1 Å². The highest BCUT2D eigenvalue weighted by molar-refractivity contribution is 7.07. The van der Waals surface area contributed by atoms with E-state index in [0.29, 0.717) is 43.3 Å². The summed E-state index contributed by atoms with van der Waals surface area (Å²) in [5.41, 5.74) is 3.08. The van der Waals surface area contributed by atoms with Crippen LogP contribution in [-0.2, 0) is 6.61 Å². The lowest BCUT2D eigenvalue weighted by Crippen LogP contribution is -2.34. The normalized spacial score (nSPS) is 18.1. The van der Waals surface area contributed by atoms with Crippen molar-refractivity contribution in [2.45, 2.75) is 12.7 Å². The molecular formula is C17H23Cl2N3O4S. The van der Waals surface area contributed by atoms with Gasteiger partial charge in [0.15, 0.2) is 11.5 Å². The van der Waals surface area contributed by atoms with E-state index in [0.717, 1.165) is 5.69 Å². The summed E-state index contributed by atoms with van der Waals surface area (Å²) in [7, 11) is 1.53. The Morgan fingerprint density at radius 2 is 2.19 bits per heavy atom. The Bertz CT molecular complexity index is 718. The molecule has 0 saturated carbocycles. The number of nitrogens with one attached hydrogen (secondary N) is 2. The number of aliphatic hydroxyl groups is 1. The molecule has 2 atom stereocenters. The van der Waals surface area contributed by atoms with Crippen LogP contribution in [-0.4, -0.2) is 48.8 Å². The first-order chi connectivity index (χ1) is 12.2. The number of ether oxygens (including phenoxy) is 2. The van der Waals surface area contributed by atoms with Crippen molar-refractivity contribution in [2.75, 3.05) is 26.7 Å². The molecule has 0 aliphatic carbocycles. The highest BCUT2D eigenvalue weighted by atomic mass is 35.5. The van der Waals surface area contributed by atoms with E-state index in [9.17, 15) is 9.90 Å². The van der Waals surface area contributed by atoms with E-state index in [1.165, 1.54) is 18.4 Å². The van der Waals surface area contributed by atoms with E-state index in [-0.39, 0.29) is 36.6 Å². The van der Waals surface area contributed by atoms with E-state index in [1.54, 1.807) is 23.7 Å². The number of hydrogen-bond donors (Lipinski definition) is 3. The Labute approximate surface area is 174 Å². The average Bonchev–Trinajstić information content (AvgIpc) is 3.29. The van der Waals surface area contributed by atoms with E-state index in [2.05, 4.69) is 15.6 Å². The van der Waals surface area contributed by atoms with Crippen LogP contribution in [0.5, 0.6) is 11.5 Å². The second-order valence-corrected chi connectivity index (χ2v) is 6.55. The predicted octanol–water partition coefficient (Wildman–Crippen LogP) is 1.88. The van der Waals surface area contributed by atoms with Crippen molar-refractivity contribution in [1.29, 1.82) is 0 Å².